The maximum Gasteiger partial charge on any atom is 0.234 e. The molecule has 0 saturated heterocycles. The summed E-state index contributed by atoms with van der Waals surface area (Å²) in [5, 5.41) is 12.1. The van der Waals surface area contributed by atoms with Crippen LogP contribution in [0.25, 0.3) is 0 Å². The molecule has 0 heterocycles. The van der Waals surface area contributed by atoms with Crippen LogP contribution in [0.4, 0.5) is 0 Å². The minimum Gasteiger partial charge on any atom is -0.352 e. The molecule has 2 saturated carbocycles. The van der Waals surface area contributed by atoms with Gasteiger partial charge in [-0.15, -0.1) is 0 Å². The fraction of sp³-hybridized carbons (Fsp3) is 0.846. The molecule has 0 aromatic rings. The second-order valence-corrected chi connectivity index (χ2v) is 5.34. The first kappa shape index (κ1) is 12.4. The molecular weight excluding hydrogens is 214 g/mol. The predicted molar refractivity (Wildman–Crippen MR) is 65.2 cm³/mol. The van der Waals surface area contributed by atoms with Gasteiger partial charge in [-0.05, 0) is 32.7 Å². The minimum absolute atomic E-state index is 0.0995. The van der Waals surface area contributed by atoms with E-state index in [0.29, 0.717) is 12.6 Å². The Morgan fingerprint density at radius 3 is 2.71 bits per heavy atom. The molecule has 2 aliphatic rings. The zero-order valence-electron chi connectivity index (χ0n) is 10.5. The van der Waals surface area contributed by atoms with E-state index >= 15 is 0 Å². The van der Waals surface area contributed by atoms with Gasteiger partial charge in [0, 0.05) is 12.1 Å². The van der Waals surface area contributed by atoms with Gasteiger partial charge in [-0.1, -0.05) is 12.8 Å². The molecule has 2 fully saturated rings. The maximum atomic E-state index is 11.7. The Kier molecular flexibility index (Phi) is 4.01. The highest BCUT2D eigenvalue weighted by molar-refractivity contribution is 5.78. The quantitative estimate of drug-likeness (QED) is 0.798. The largest absolute Gasteiger partial charge is 0.352 e. The fourth-order valence-corrected chi connectivity index (χ4v) is 2.63. The van der Waals surface area contributed by atoms with E-state index in [9.17, 15) is 4.79 Å². The Balaban J connectivity index is 1.82. The number of nitrogens with one attached hydrogen (secondary N) is 1. The first-order valence-electron chi connectivity index (χ1n) is 6.60. The molecule has 0 bridgehead atoms. The lowest BCUT2D eigenvalue weighted by molar-refractivity contribution is -0.122. The number of carbonyl (C=O) groups is 1. The number of rotatable bonds is 4. The number of hydrogen-bond donors (Lipinski definition) is 1. The second-order valence-electron chi connectivity index (χ2n) is 5.34. The zero-order chi connectivity index (χ0) is 12.3. The van der Waals surface area contributed by atoms with Gasteiger partial charge in [0.25, 0.3) is 0 Å². The number of hydrogen-bond acceptors (Lipinski definition) is 3. The molecule has 0 aliphatic heterocycles. The summed E-state index contributed by atoms with van der Waals surface area (Å²) in [5.74, 6) is 0.208. The monoisotopic (exact) mass is 235 g/mol. The predicted octanol–water partition coefficient (Wildman–Crippen LogP) is 1.28. The highest BCUT2D eigenvalue weighted by atomic mass is 16.2. The third kappa shape index (κ3) is 3.44. The topological polar surface area (TPSA) is 56.1 Å². The summed E-state index contributed by atoms with van der Waals surface area (Å²) in [5.41, 5.74) is 0. The summed E-state index contributed by atoms with van der Waals surface area (Å²) >= 11 is 0. The van der Waals surface area contributed by atoms with Crippen LogP contribution in [-0.4, -0.2) is 36.5 Å². The van der Waals surface area contributed by atoms with Crippen LogP contribution in [0.5, 0.6) is 0 Å². The summed E-state index contributed by atoms with van der Waals surface area (Å²) in [6, 6.07) is 3.08. The first-order valence-corrected chi connectivity index (χ1v) is 6.60. The third-order valence-corrected chi connectivity index (χ3v) is 3.80. The molecule has 2 aliphatic carbocycles. The van der Waals surface area contributed by atoms with E-state index in [1.165, 1.54) is 6.42 Å². The molecule has 2 rings (SSSR count). The van der Waals surface area contributed by atoms with Crippen molar-refractivity contribution in [2.45, 2.75) is 50.6 Å². The van der Waals surface area contributed by atoms with E-state index in [4.69, 9.17) is 5.26 Å². The van der Waals surface area contributed by atoms with E-state index < -0.39 is 0 Å². The molecule has 0 aromatic heterocycles. The molecule has 2 atom stereocenters. The second kappa shape index (κ2) is 5.50. The smallest absolute Gasteiger partial charge is 0.234 e. The van der Waals surface area contributed by atoms with E-state index in [1.807, 2.05) is 7.05 Å². The molecule has 2 unspecified atom stereocenters. The molecule has 17 heavy (non-hydrogen) atoms. The summed E-state index contributed by atoms with van der Waals surface area (Å²) in [6.07, 6.45) is 6.61. The number of carbonyl (C=O) groups excluding carboxylic acids is 1. The van der Waals surface area contributed by atoms with Crippen molar-refractivity contribution >= 4 is 5.91 Å². The maximum absolute atomic E-state index is 11.7. The summed E-state index contributed by atoms with van der Waals surface area (Å²) in [4.78, 5) is 13.8. The highest BCUT2D eigenvalue weighted by Gasteiger charge is 2.30. The van der Waals surface area contributed by atoms with Gasteiger partial charge in [-0.25, -0.2) is 0 Å². The molecule has 0 radical (unpaired) electrons. The Hall–Kier alpha value is -1.08. The van der Waals surface area contributed by atoms with Gasteiger partial charge in [0.15, 0.2) is 0 Å². The molecule has 0 aromatic carbocycles. The summed E-state index contributed by atoms with van der Waals surface area (Å²) in [7, 11) is 1.97. The van der Waals surface area contributed by atoms with Crippen molar-refractivity contribution in [2.75, 3.05) is 13.6 Å². The van der Waals surface area contributed by atoms with Gasteiger partial charge in [0.2, 0.25) is 5.91 Å². The van der Waals surface area contributed by atoms with Crippen LogP contribution in [0, 0.1) is 17.2 Å². The molecular formula is C13H21N3O. The number of nitriles is 1. The van der Waals surface area contributed by atoms with Crippen LogP contribution in [0.3, 0.4) is 0 Å². The number of amides is 1. The normalized spacial score (nSPS) is 28.8. The van der Waals surface area contributed by atoms with E-state index in [1.54, 1.807) is 0 Å². The average molecular weight is 235 g/mol. The van der Waals surface area contributed by atoms with Gasteiger partial charge in [-0.2, -0.15) is 5.26 Å². The molecule has 1 amide bonds. The highest BCUT2D eigenvalue weighted by Crippen LogP contribution is 2.27. The summed E-state index contributed by atoms with van der Waals surface area (Å²) in [6.45, 7) is 0.430. The van der Waals surface area contributed by atoms with E-state index in [-0.39, 0.29) is 17.9 Å². The molecule has 1 N–H and O–H groups in total. The van der Waals surface area contributed by atoms with Gasteiger partial charge in [0.1, 0.15) is 0 Å². The molecule has 4 nitrogen and oxygen atoms in total. The first-order chi connectivity index (χ1) is 8.20. The lowest BCUT2D eigenvalue weighted by Gasteiger charge is -2.34. The van der Waals surface area contributed by atoms with Gasteiger partial charge in [-0.3, -0.25) is 9.69 Å². The lowest BCUT2D eigenvalue weighted by Crippen LogP contribution is -2.45. The van der Waals surface area contributed by atoms with Gasteiger partial charge in [0.05, 0.1) is 18.5 Å². The van der Waals surface area contributed by atoms with Crippen LogP contribution in [0.15, 0.2) is 0 Å². The van der Waals surface area contributed by atoms with Crippen molar-refractivity contribution in [1.82, 2.24) is 10.2 Å². The number of nitrogens with zero attached hydrogens (tertiary/aromatic N) is 2. The SMILES string of the molecule is CN(CC(=O)NC1CC1)C1CCCCC1C#N. The Bertz CT molecular complexity index is 319. The van der Waals surface area contributed by atoms with Crippen LogP contribution >= 0.6 is 0 Å². The van der Waals surface area contributed by atoms with E-state index in [2.05, 4.69) is 16.3 Å². The molecule has 94 valence electrons. The fourth-order valence-electron chi connectivity index (χ4n) is 2.63. The Labute approximate surface area is 103 Å². The Morgan fingerprint density at radius 1 is 1.35 bits per heavy atom. The van der Waals surface area contributed by atoms with Gasteiger partial charge >= 0.3 is 0 Å². The minimum atomic E-state index is 0.0995. The van der Waals surface area contributed by atoms with Crippen LogP contribution in [-0.2, 0) is 4.79 Å². The van der Waals surface area contributed by atoms with Crippen molar-refractivity contribution in [1.29, 1.82) is 5.26 Å². The average Bonchev–Trinajstić information content (AvgIpc) is 3.12. The lowest BCUT2D eigenvalue weighted by atomic mass is 9.84. The third-order valence-electron chi connectivity index (χ3n) is 3.80. The van der Waals surface area contributed by atoms with Crippen LogP contribution in [0.2, 0.25) is 0 Å². The van der Waals surface area contributed by atoms with E-state index in [0.717, 1.165) is 32.1 Å². The summed E-state index contributed by atoms with van der Waals surface area (Å²) < 4.78 is 0. The van der Waals surface area contributed by atoms with Gasteiger partial charge < -0.3 is 5.32 Å². The zero-order valence-corrected chi connectivity index (χ0v) is 10.5. The standard InChI is InChI=1S/C13H21N3O/c1-16(9-13(17)15-11-6-7-11)12-5-3-2-4-10(12)8-14/h10-12H,2-7,9H2,1H3,(H,15,17). The molecule has 4 heteroatoms. The van der Waals surface area contributed by atoms with Crippen molar-refractivity contribution in [2.24, 2.45) is 5.92 Å². The van der Waals surface area contributed by atoms with Crippen molar-refractivity contribution < 1.29 is 4.79 Å². The van der Waals surface area contributed by atoms with Crippen molar-refractivity contribution in [3.05, 3.63) is 0 Å². The number of likely N-dealkylation sites (N-methyl/N-ethyl adjacent to an activating group) is 1. The Morgan fingerprint density at radius 2 is 2.06 bits per heavy atom. The van der Waals surface area contributed by atoms with Crippen LogP contribution in [0.1, 0.15) is 38.5 Å². The van der Waals surface area contributed by atoms with Crippen LogP contribution < -0.4 is 5.32 Å². The van der Waals surface area contributed by atoms with Crippen molar-refractivity contribution in [3.63, 3.8) is 0 Å². The van der Waals surface area contributed by atoms with Crippen molar-refractivity contribution in [3.8, 4) is 6.07 Å². The molecule has 0 spiro atoms.